The minimum atomic E-state index is -0.931. The summed E-state index contributed by atoms with van der Waals surface area (Å²) in [5.41, 5.74) is 1.74. The number of nitrogens with zero attached hydrogens (tertiary/aromatic N) is 1. The third-order valence-corrected chi connectivity index (χ3v) is 3.32. The predicted octanol–water partition coefficient (Wildman–Crippen LogP) is 2.47. The summed E-state index contributed by atoms with van der Waals surface area (Å²) >= 11 is 0. The summed E-state index contributed by atoms with van der Waals surface area (Å²) in [6.45, 7) is 2.44. The maximum Gasteiger partial charge on any atom is 0.326 e. The van der Waals surface area contributed by atoms with E-state index in [1.807, 2.05) is 25.1 Å². The van der Waals surface area contributed by atoms with Crippen LogP contribution in [0.1, 0.15) is 24.8 Å². The lowest BCUT2D eigenvalue weighted by molar-refractivity contribution is -0.143. The van der Waals surface area contributed by atoms with Gasteiger partial charge in [0.25, 0.3) is 0 Å². The first-order valence-corrected chi connectivity index (χ1v) is 6.45. The number of piperidine rings is 1. The van der Waals surface area contributed by atoms with Gasteiger partial charge in [-0.05, 0) is 43.9 Å². The van der Waals surface area contributed by atoms with Crippen LogP contribution in [0.5, 0.6) is 0 Å². The Hall–Kier alpha value is -2.04. The zero-order valence-electron chi connectivity index (χ0n) is 10.9. The molecule has 0 spiro atoms. The Morgan fingerprint density at radius 3 is 2.84 bits per heavy atom. The highest BCUT2D eigenvalue weighted by Gasteiger charge is 2.31. The second-order valence-electron chi connectivity index (χ2n) is 4.84. The molecule has 2 N–H and O–H groups in total. The molecule has 2 amide bonds. The summed E-state index contributed by atoms with van der Waals surface area (Å²) in [5, 5.41) is 11.9. The van der Waals surface area contributed by atoms with E-state index >= 15 is 0 Å². The van der Waals surface area contributed by atoms with Gasteiger partial charge in [-0.3, -0.25) is 0 Å². The fourth-order valence-electron chi connectivity index (χ4n) is 2.35. The molecule has 0 unspecified atom stereocenters. The van der Waals surface area contributed by atoms with E-state index in [4.69, 9.17) is 5.11 Å². The number of hydrogen-bond acceptors (Lipinski definition) is 2. The molecule has 5 heteroatoms. The van der Waals surface area contributed by atoms with Gasteiger partial charge in [0.05, 0.1) is 0 Å². The number of aliphatic carboxylic acids is 1. The van der Waals surface area contributed by atoms with Crippen molar-refractivity contribution < 1.29 is 14.7 Å². The smallest absolute Gasteiger partial charge is 0.326 e. The molecule has 5 nitrogen and oxygen atoms in total. The zero-order chi connectivity index (χ0) is 13.8. The van der Waals surface area contributed by atoms with E-state index in [1.54, 1.807) is 6.07 Å². The fraction of sp³-hybridized carbons (Fsp3) is 0.429. The highest BCUT2D eigenvalue weighted by Crippen LogP contribution is 2.19. The van der Waals surface area contributed by atoms with Crippen molar-refractivity contribution in [3.8, 4) is 0 Å². The number of carboxylic acids is 1. The van der Waals surface area contributed by atoms with E-state index in [9.17, 15) is 9.59 Å². The number of anilines is 1. The standard InChI is InChI=1S/C14H18N2O3/c1-10-5-4-6-11(9-10)15-14(19)16-8-3-2-7-12(16)13(17)18/h4-6,9,12H,2-3,7-8H2,1H3,(H,15,19)(H,17,18)/t12-/m0/s1. The van der Waals surface area contributed by atoms with Crippen LogP contribution in [0.2, 0.25) is 0 Å². The maximum absolute atomic E-state index is 12.1. The molecule has 0 aromatic heterocycles. The van der Waals surface area contributed by atoms with E-state index in [-0.39, 0.29) is 6.03 Å². The average Bonchev–Trinajstić information content (AvgIpc) is 2.38. The number of likely N-dealkylation sites (tertiary alicyclic amines) is 1. The van der Waals surface area contributed by atoms with E-state index < -0.39 is 12.0 Å². The molecule has 19 heavy (non-hydrogen) atoms. The highest BCUT2D eigenvalue weighted by atomic mass is 16.4. The first-order valence-electron chi connectivity index (χ1n) is 6.45. The molecule has 0 aliphatic carbocycles. The van der Waals surface area contributed by atoms with E-state index in [1.165, 1.54) is 4.90 Å². The lowest BCUT2D eigenvalue weighted by Gasteiger charge is -2.32. The molecule has 1 aromatic carbocycles. The Kier molecular flexibility index (Phi) is 4.04. The van der Waals surface area contributed by atoms with Crippen molar-refractivity contribution in [2.45, 2.75) is 32.2 Å². The van der Waals surface area contributed by atoms with Gasteiger partial charge in [0.15, 0.2) is 0 Å². The number of benzene rings is 1. The van der Waals surface area contributed by atoms with Gasteiger partial charge in [-0.1, -0.05) is 12.1 Å². The van der Waals surface area contributed by atoms with Crippen molar-refractivity contribution in [1.29, 1.82) is 0 Å². The Morgan fingerprint density at radius 1 is 1.37 bits per heavy atom. The van der Waals surface area contributed by atoms with E-state index in [0.29, 0.717) is 18.7 Å². The average molecular weight is 262 g/mol. The lowest BCUT2D eigenvalue weighted by atomic mass is 10.0. The van der Waals surface area contributed by atoms with Crippen LogP contribution >= 0.6 is 0 Å². The molecule has 1 aromatic rings. The number of amides is 2. The molecule has 1 atom stereocenters. The first kappa shape index (κ1) is 13.4. The second-order valence-corrected chi connectivity index (χ2v) is 4.84. The number of nitrogens with one attached hydrogen (secondary N) is 1. The largest absolute Gasteiger partial charge is 0.480 e. The van der Waals surface area contributed by atoms with Crippen LogP contribution < -0.4 is 5.32 Å². The summed E-state index contributed by atoms with van der Waals surface area (Å²) in [7, 11) is 0. The molecule has 0 radical (unpaired) electrons. The Bertz CT molecular complexity index is 487. The highest BCUT2D eigenvalue weighted by molar-refractivity contribution is 5.92. The quantitative estimate of drug-likeness (QED) is 0.860. The van der Waals surface area contributed by atoms with Crippen LogP contribution in [0, 0.1) is 6.92 Å². The predicted molar refractivity (Wildman–Crippen MR) is 72.2 cm³/mol. The van der Waals surface area contributed by atoms with Crippen molar-refractivity contribution in [1.82, 2.24) is 4.90 Å². The summed E-state index contributed by atoms with van der Waals surface area (Å²) < 4.78 is 0. The summed E-state index contributed by atoms with van der Waals surface area (Å²) in [4.78, 5) is 24.7. The van der Waals surface area contributed by atoms with E-state index in [2.05, 4.69) is 5.32 Å². The number of rotatable bonds is 2. The van der Waals surface area contributed by atoms with Crippen molar-refractivity contribution in [2.75, 3.05) is 11.9 Å². The summed E-state index contributed by atoms with van der Waals surface area (Å²) in [5.74, 6) is -0.931. The minimum Gasteiger partial charge on any atom is -0.480 e. The number of urea groups is 1. The SMILES string of the molecule is Cc1cccc(NC(=O)N2CCCC[C@H]2C(=O)O)c1. The van der Waals surface area contributed by atoms with Gasteiger partial charge >= 0.3 is 12.0 Å². The van der Waals surface area contributed by atoms with Crippen LogP contribution in [-0.4, -0.2) is 34.6 Å². The molecule has 0 bridgehead atoms. The van der Waals surface area contributed by atoms with Crippen LogP contribution in [-0.2, 0) is 4.79 Å². The molecule has 1 aliphatic heterocycles. The third kappa shape index (κ3) is 3.24. The van der Waals surface area contributed by atoms with Crippen LogP contribution in [0.3, 0.4) is 0 Å². The number of carbonyl (C=O) groups excluding carboxylic acids is 1. The number of hydrogen-bond donors (Lipinski definition) is 2. The van der Waals surface area contributed by atoms with Gasteiger partial charge in [-0.2, -0.15) is 0 Å². The van der Waals surface area contributed by atoms with Gasteiger partial charge < -0.3 is 15.3 Å². The van der Waals surface area contributed by atoms with Crippen molar-refractivity contribution in [3.63, 3.8) is 0 Å². The molecule has 102 valence electrons. The molecular weight excluding hydrogens is 244 g/mol. The summed E-state index contributed by atoms with van der Waals surface area (Å²) in [6.07, 6.45) is 2.23. The molecule has 1 aliphatic rings. The minimum absolute atomic E-state index is 0.335. The summed E-state index contributed by atoms with van der Waals surface area (Å²) in [6, 6.07) is 6.41. The van der Waals surface area contributed by atoms with Gasteiger partial charge in [-0.25, -0.2) is 9.59 Å². The fourth-order valence-corrected chi connectivity index (χ4v) is 2.35. The van der Waals surface area contributed by atoms with Crippen molar-refractivity contribution in [3.05, 3.63) is 29.8 Å². The molecule has 0 saturated carbocycles. The van der Waals surface area contributed by atoms with Crippen LogP contribution in [0.25, 0.3) is 0 Å². The Balaban J connectivity index is 2.07. The van der Waals surface area contributed by atoms with Crippen LogP contribution in [0.15, 0.2) is 24.3 Å². The molecule has 2 rings (SSSR count). The van der Waals surface area contributed by atoms with Crippen molar-refractivity contribution >= 4 is 17.7 Å². The zero-order valence-corrected chi connectivity index (χ0v) is 10.9. The topological polar surface area (TPSA) is 69.6 Å². The Labute approximate surface area is 112 Å². The molecule has 1 saturated heterocycles. The first-order chi connectivity index (χ1) is 9.08. The van der Waals surface area contributed by atoms with Gasteiger partial charge in [0.1, 0.15) is 6.04 Å². The van der Waals surface area contributed by atoms with E-state index in [0.717, 1.165) is 18.4 Å². The number of carbonyl (C=O) groups is 2. The third-order valence-electron chi connectivity index (χ3n) is 3.32. The number of aryl methyl sites for hydroxylation is 1. The van der Waals surface area contributed by atoms with Crippen LogP contribution in [0.4, 0.5) is 10.5 Å². The molecule has 1 heterocycles. The Morgan fingerprint density at radius 2 is 2.16 bits per heavy atom. The molecule has 1 fully saturated rings. The second kappa shape index (κ2) is 5.73. The van der Waals surface area contributed by atoms with Gasteiger partial charge in [-0.15, -0.1) is 0 Å². The maximum atomic E-state index is 12.1. The number of carboxylic acid groups (broad SMARTS) is 1. The monoisotopic (exact) mass is 262 g/mol. The van der Waals surface area contributed by atoms with Gasteiger partial charge in [0, 0.05) is 12.2 Å². The van der Waals surface area contributed by atoms with Crippen molar-refractivity contribution in [2.24, 2.45) is 0 Å². The normalized spacial score (nSPS) is 19.0. The van der Waals surface area contributed by atoms with Gasteiger partial charge in [0.2, 0.25) is 0 Å². The molecular formula is C14H18N2O3. The lowest BCUT2D eigenvalue weighted by Crippen LogP contribution is -2.49.